The standard InChI is InChI=1S/C17H9BrClN3OS/c18-10-7-12(15(19)20-8-10)16(23)22-17-21-14-11-4-2-1-3-9(11)5-6-13(14)24-17/h1-8H,(H,21,22,23). The van der Waals surface area contributed by atoms with Gasteiger partial charge in [-0.05, 0) is 33.4 Å². The van der Waals surface area contributed by atoms with Gasteiger partial charge in [-0.3, -0.25) is 10.1 Å². The summed E-state index contributed by atoms with van der Waals surface area (Å²) in [5, 5.41) is 5.67. The Morgan fingerprint density at radius 2 is 2.04 bits per heavy atom. The highest BCUT2D eigenvalue weighted by atomic mass is 79.9. The average Bonchev–Trinajstić information content (AvgIpc) is 3.00. The van der Waals surface area contributed by atoms with E-state index in [-0.39, 0.29) is 11.1 Å². The van der Waals surface area contributed by atoms with Crippen molar-refractivity contribution in [1.29, 1.82) is 0 Å². The van der Waals surface area contributed by atoms with Gasteiger partial charge in [0.2, 0.25) is 0 Å². The lowest BCUT2D eigenvalue weighted by Gasteiger charge is -2.03. The van der Waals surface area contributed by atoms with Gasteiger partial charge in [-0.1, -0.05) is 53.3 Å². The van der Waals surface area contributed by atoms with Crippen LogP contribution in [0.2, 0.25) is 5.15 Å². The maximum atomic E-state index is 12.4. The first-order chi connectivity index (χ1) is 11.6. The minimum atomic E-state index is -0.336. The number of rotatable bonds is 2. The molecule has 0 aliphatic carbocycles. The number of hydrogen-bond donors (Lipinski definition) is 1. The molecular formula is C17H9BrClN3OS. The maximum Gasteiger partial charge on any atom is 0.260 e. The van der Waals surface area contributed by atoms with E-state index >= 15 is 0 Å². The number of nitrogens with zero attached hydrogens (tertiary/aromatic N) is 2. The summed E-state index contributed by atoms with van der Waals surface area (Å²) in [7, 11) is 0. The fourth-order valence-electron chi connectivity index (χ4n) is 2.46. The van der Waals surface area contributed by atoms with Crippen molar-refractivity contribution in [3.8, 4) is 0 Å². The fourth-order valence-corrected chi connectivity index (χ4v) is 3.86. The normalized spacial score (nSPS) is 11.1. The van der Waals surface area contributed by atoms with Crippen molar-refractivity contribution in [3.63, 3.8) is 0 Å². The predicted molar refractivity (Wildman–Crippen MR) is 102 cm³/mol. The van der Waals surface area contributed by atoms with Crippen LogP contribution < -0.4 is 5.32 Å². The number of fused-ring (bicyclic) bond motifs is 3. The number of anilines is 1. The molecule has 0 bridgehead atoms. The first-order valence-electron chi connectivity index (χ1n) is 7.02. The second-order valence-electron chi connectivity index (χ2n) is 5.10. The van der Waals surface area contributed by atoms with Crippen LogP contribution in [0.4, 0.5) is 5.13 Å². The molecule has 0 saturated heterocycles. The molecule has 2 heterocycles. The molecule has 24 heavy (non-hydrogen) atoms. The molecule has 118 valence electrons. The highest BCUT2D eigenvalue weighted by Crippen LogP contribution is 2.32. The van der Waals surface area contributed by atoms with Gasteiger partial charge in [-0.25, -0.2) is 9.97 Å². The van der Waals surface area contributed by atoms with Crippen LogP contribution in [-0.2, 0) is 0 Å². The predicted octanol–water partition coefficient (Wildman–Crippen LogP) is 5.51. The van der Waals surface area contributed by atoms with Crippen molar-refractivity contribution in [3.05, 3.63) is 63.9 Å². The second kappa shape index (κ2) is 6.12. The molecule has 4 aromatic rings. The zero-order valence-electron chi connectivity index (χ0n) is 12.1. The Kier molecular flexibility index (Phi) is 3.96. The molecule has 2 aromatic carbocycles. The summed E-state index contributed by atoms with van der Waals surface area (Å²) >= 11 is 10.7. The van der Waals surface area contributed by atoms with Gasteiger partial charge < -0.3 is 0 Å². The largest absolute Gasteiger partial charge is 0.298 e. The third-order valence-electron chi connectivity index (χ3n) is 3.55. The van der Waals surface area contributed by atoms with Gasteiger partial charge in [0.1, 0.15) is 5.15 Å². The Labute approximate surface area is 154 Å². The topological polar surface area (TPSA) is 54.9 Å². The Morgan fingerprint density at radius 1 is 1.21 bits per heavy atom. The zero-order valence-corrected chi connectivity index (χ0v) is 15.2. The van der Waals surface area contributed by atoms with Crippen molar-refractivity contribution < 1.29 is 4.79 Å². The fraction of sp³-hybridized carbons (Fsp3) is 0. The summed E-state index contributed by atoms with van der Waals surface area (Å²) in [5.74, 6) is -0.336. The van der Waals surface area contributed by atoms with Crippen molar-refractivity contribution in [2.75, 3.05) is 5.32 Å². The second-order valence-corrected chi connectivity index (χ2v) is 7.40. The molecule has 0 fully saturated rings. The van der Waals surface area contributed by atoms with Crippen molar-refractivity contribution >= 4 is 70.9 Å². The van der Waals surface area contributed by atoms with Gasteiger partial charge >= 0.3 is 0 Å². The number of carbonyl (C=O) groups excluding carboxylic acids is 1. The van der Waals surface area contributed by atoms with Crippen LogP contribution in [0.1, 0.15) is 10.4 Å². The SMILES string of the molecule is O=C(Nc1nc2c(ccc3ccccc32)s1)c1cc(Br)cnc1Cl. The van der Waals surface area contributed by atoms with Crippen molar-refractivity contribution in [1.82, 2.24) is 9.97 Å². The maximum absolute atomic E-state index is 12.4. The lowest BCUT2D eigenvalue weighted by atomic mass is 10.1. The first kappa shape index (κ1) is 15.5. The molecule has 1 N–H and O–H groups in total. The van der Waals surface area contributed by atoms with Crippen molar-refractivity contribution in [2.45, 2.75) is 0 Å². The number of benzene rings is 2. The van der Waals surface area contributed by atoms with E-state index in [1.54, 1.807) is 12.3 Å². The number of aromatic nitrogens is 2. The average molecular weight is 419 g/mol. The Hall–Kier alpha value is -2.02. The minimum Gasteiger partial charge on any atom is -0.298 e. The molecule has 4 rings (SSSR count). The molecule has 0 atom stereocenters. The van der Waals surface area contributed by atoms with Gasteiger partial charge in [0.25, 0.3) is 5.91 Å². The van der Waals surface area contributed by atoms with E-state index in [4.69, 9.17) is 11.6 Å². The van der Waals surface area contributed by atoms with Crippen LogP contribution in [0.3, 0.4) is 0 Å². The van der Waals surface area contributed by atoms with E-state index in [0.717, 1.165) is 21.0 Å². The Bertz CT molecular complexity index is 1100. The highest BCUT2D eigenvalue weighted by Gasteiger charge is 2.15. The van der Waals surface area contributed by atoms with E-state index in [1.165, 1.54) is 11.3 Å². The number of pyridine rings is 1. The highest BCUT2D eigenvalue weighted by molar-refractivity contribution is 9.10. The number of halogens is 2. The Morgan fingerprint density at radius 3 is 2.92 bits per heavy atom. The molecule has 0 aliphatic heterocycles. The van der Waals surface area contributed by atoms with Gasteiger partial charge in [-0.15, -0.1) is 0 Å². The molecular weight excluding hydrogens is 410 g/mol. The monoisotopic (exact) mass is 417 g/mol. The van der Waals surface area contributed by atoms with Crippen LogP contribution in [0, 0.1) is 0 Å². The summed E-state index contributed by atoms with van der Waals surface area (Å²) < 4.78 is 1.70. The molecule has 0 saturated carbocycles. The molecule has 0 aliphatic rings. The smallest absolute Gasteiger partial charge is 0.260 e. The van der Waals surface area contributed by atoms with Gasteiger partial charge in [0.05, 0.1) is 15.8 Å². The van der Waals surface area contributed by atoms with E-state index in [0.29, 0.717) is 15.2 Å². The summed E-state index contributed by atoms with van der Waals surface area (Å²) in [6.07, 6.45) is 1.54. The van der Waals surface area contributed by atoms with Crippen molar-refractivity contribution in [2.24, 2.45) is 0 Å². The third kappa shape index (κ3) is 2.77. The third-order valence-corrected chi connectivity index (χ3v) is 5.23. The van der Waals surface area contributed by atoms with Crippen LogP contribution in [-0.4, -0.2) is 15.9 Å². The van der Waals surface area contributed by atoms with E-state index in [2.05, 4.69) is 37.3 Å². The van der Waals surface area contributed by atoms with Crippen LogP contribution in [0.25, 0.3) is 21.0 Å². The number of carbonyl (C=O) groups is 1. The summed E-state index contributed by atoms with van der Waals surface area (Å²) in [4.78, 5) is 21.0. The van der Waals surface area contributed by atoms with E-state index in [9.17, 15) is 4.79 Å². The molecule has 0 spiro atoms. The molecule has 0 unspecified atom stereocenters. The minimum absolute atomic E-state index is 0.155. The van der Waals surface area contributed by atoms with Gasteiger partial charge in [0.15, 0.2) is 5.13 Å². The summed E-state index contributed by atoms with van der Waals surface area (Å²) in [6, 6.07) is 13.7. The van der Waals surface area contributed by atoms with Gasteiger partial charge in [0, 0.05) is 16.1 Å². The number of amides is 1. The number of hydrogen-bond acceptors (Lipinski definition) is 4. The lowest BCUT2D eigenvalue weighted by molar-refractivity contribution is 0.102. The zero-order chi connectivity index (χ0) is 16.7. The molecule has 0 radical (unpaired) electrons. The summed E-state index contributed by atoms with van der Waals surface area (Å²) in [5.41, 5.74) is 1.18. The lowest BCUT2D eigenvalue weighted by Crippen LogP contribution is -2.12. The quantitative estimate of drug-likeness (QED) is 0.437. The summed E-state index contributed by atoms with van der Waals surface area (Å²) in [6.45, 7) is 0. The molecule has 7 heteroatoms. The molecule has 4 nitrogen and oxygen atoms in total. The van der Waals surface area contributed by atoms with E-state index < -0.39 is 0 Å². The number of thiazole rings is 1. The number of nitrogens with one attached hydrogen (secondary N) is 1. The van der Waals surface area contributed by atoms with Crippen LogP contribution in [0.5, 0.6) is 0 Å². The van der Waals surface area contributed by atoms with Crippen LogP contribution >= 0.6 is 38.9 Å². The molecule has 2 aromatic heterocycles. The van der Waals surface area contributed by atoms with Crippen LogP contribution in [0.15, 0.2) is 53.1 Å². The van der Waals surface area contributed by atoms with Gasteiger partial charge in [-0.2, -0.15) is 0 Å². The molecule has 1 amide bonds. The first-order valence-corrected chi connectivity index (χ1v) is 9.01. The Balaban J connectivity index is 1.73. The van der Waals surface area contributed by atoms with E-state index in [1.807, 2.05) is 30.3 Å².